The number of nitrogens with zero attached hydrogens (tertiary/aromatic N) is 4. The van der Waals surface area contributed by atoms with E-state index in [0.29, 0.717) is 10.9 Å². The molecule has 0 aromatic carbocycles. The third kappa shape index (κ3) is 2.76. The summed E-state index contributed by atoms with van der Waals surface area (Å²) in [5.41, 5.74) is 1.64. The molecule has 108 valence electrons. The molecule has 0 aliphatic carbocycles. The van der Waals surface area contributed by atoms with Crippen LogP contribution in [0.5, 0.6) is 5.88 Å². The Kier molecular flexibility index (Phi) is 4.57. The molecule has 20 heavy (non-hydrogen) atoms. The lowest BCUT2D eigenvalue weighted by Gasteiger charge is -2.19. The highest BCUT2D eigenvalue weighted by molar-refractivity contribution is 6.31. The number of rotatable bonds is 5. The van der Waals surface area contributed by atoms with Crippen LogP contribution in [-0.2, 0) is 0 Å². The maximum absolute atomic E-state index is 6.27. The normalized spacial score (nSPS) is 12.7. The van der Waals surface area contributed by atoms with Crippen LogP contribution in [0.3, 0.4) is 0 Å². The fourth-order valence-corrected chi connectivity index (χ4v) is 2.29. The Labute approximate surface area is 123 Å². The summed E-state index contributed by atoms with van der Waals surface area (Å²) in [5.74, 6) is 0.479. The zero-order chi connectivity index (χ0) is 14.7. The molecule has 6 nitrogen and oxygen atoms in total. The van der Waals surface area contributed by atoms with Crippen molar-refractivity contribution in [3.63, 3.8) is 0 Å². The van der Waals surface area contributed by atoms with Crippen molar-refractivity contribution in [2.45, 2.75) is 25.9 Å². The summed E-state index contributed by atoms with van der Waals surface area (Å²) < 4.78 is 6.91. The van der Waals surface area contributed by atoms with Crippen molar-refractivity contribution in [1.82, 2.24) is 25.3 Å². The van der Waals surface area contributed by atoms with Crippen molar-refractivity contribution in [1.29, 1.82) is 0 Å². The highest BCUT2D eigenvalue weighted by Gasteiger charge is 2.23. The molecule has 2 heterocycles. The second-order valence-corrected chi connectivity index (χ2v) is 5.05. The van der Waals surface area contributed by atoms with Gasteiger partial charge in [0.15, 0.2) is 0 Å². The Balaban J connectivity index is 2.43. The molecule has 2 rings (SSSR count). The van der Waals surface area contributed by atoms with Crippen molar-refractivity contribution in [2.75, 3.05) is 14.2 Å². The molecule has 0 saturated heterocycles. The lowest BCUT2D eigenvalue weighted by Crippen LogP contribution is -2.24. The maximum Gasteiger partial charge on any atom is 0.233 e. The molecule has 0 bridgehead atoms. The lowest BCUT2D eigenvalue weighted by molar-refractivity contribution is 0.389. The van der Waals surface area contributed by atoms with Crippen LogP contribution in [0.4, 0.5) is 0 Å². The van der Waals surface area contributed by atoms with Gasteiger partial charge in [-0.1, -0.05) is 11.6 Å². The monoisotopic (exact) mass is 295 g/mol. The average molecular weight is 296 g/mol. The van der Waals surface area contributed by atoms with Crippen molar-refractivity contribution in [3.8, 4) is 5.88 Å². The van der Waals surface area contributed by atoms with Gasteiger partial charge in [0.05, 0.1) is 35.8 Å². The molecule has 0 amide bonds. The van der Waals surface area contributed by atoms with Gasteiger partial charge in [0, 0.05) is 12.1 Å². The summed E-state index contributed by atoms with van der Waals surface area (Å²) in [6, 6.07) is 3.67. The minimum Gasteiger partial charge on any atom is -0.480 e. The predicted molar refractivity (Wildman–Crippen MR) is 77.1 cm³/mol. The molecular formula is C13H18ClN5O. The van der Waals surface area contributed by atoms with E-state index in [9.17, 15) is 0 Å². The van der Waals surface area contributed by atoms with Crippen LogP contribution in [0.1, 0.15) is 37.3 Å². The maximum atomic E-state index is 6.27. The summed E-state index contributed by atoms with van der Waals surface area (Å²) in [5, 5.41) is 16.3. The second kappa shape index (κ2) is 6.19. The summed E-state index contributed by atoms with van der Waals surface area (Å²) >= 11 is 6.27. The Morgan fingerprint density at radius 3 is 2.55 bits per heavy atom. The van der Waals surface area contributed by atoms with E-state index < -0.39 is 0 Å². The first-order valence-corrected chi connectivity index (χ1v) is 6.74. The van der Waals surface area contributed by atoms with E-state index in [2.05, 4.69) is 34.5 Å². The zero-order valence-corrected chi connectivity index (χ0v) is 12.7. The van der Waals surface area contributed by atoms with E-state index in [1.807, 2.05) is 17.8 Å². The third-order valence-electron chi connectivity index (χ3n) is 3.00. The Morgan fingerprint density at radius 1 is 1.30 bits per heavy atom. The second-order valence-electron chi connectivity index (χ2n) is 4.64. The van der Waals surface area contributed by atoms with Crippen LogP contribution in [-0.4, -0.2) is 34.1 Å². The van der Waals surface area contributed by atoms with Crippen molar-refractivity contribution in [3.05, 3.63) is 34.7 Å². The number of halogens is 1. The molecule has 1 atom stereocenters. The van der Waals surface area contributed by atoms with Crippen LogP contribution in [0.2, 0.25) is 5.02 Å². The number of hydrogen-bond acceptors (Lipinski definition) is 5. The molecule has 7 heteroatoms. The fraction of sp³-hybridized carbons (Fsp3) is 0.462. The highest BCUT2D eigenvalue weighted by atomic mass is 35.5. The Morgan fingerprint density at radius 2 is 2.05 bits per heavy atom. The molecule has 0 radical (unpaired) electrons. The minimum atomic E-state index is -0.175. The Hall–Kier alpha value is -1.66. The summed E-state index contributed by atoms with van der Waals surface area (Å²) in [4.78, 5) is 0. The summed E-state index contributed by atoms with van der Waals surface area (Å²) in [7, 11) is 3.41. The highest BCUT2D eigenvalue weighted by Crippen LogP contribution is 2.29. The summed E-state index contributed by atoms with van der Waals surface area (Å²) in [6.07, 6.45) is 1.65. The predicted octanol–water partition coefficient (Wildman–Crippen LogP) is 2.22. The number of ether oxygens (including phenoxy) is 1. The quantitative estimate of drug-likeness (QED) is 0.916. The van der Waals surface area contributed by atoms with Crippen LogP contribution < -0.4 is 10.1 Å². The lowest BCUT2D eigenvalue weighted by atomic mass is 10.1. The Bertz CT molecular complexity index is 567. The van der Waals surface area contributed by atoms with E-state index in [0.717, 1.165) is 11.4 Å². The fourth-order valence-electron chi connectivity index (χ4n) is 2.05. The van der Waals surface area contributed by atoms with Gasteiger partial charge in [-0.05, 0) is 27.0 Å². The molecule has 0 aliphatic heterocycles. The van der Waals surface area contributed by atoms with Gasteiger partial charge < -0.3 is 10.1 Å². The van der Waals surface area contributed by atoms with E-state index in [-0.39, 0.29) is 12.1 Å². The van der Waals surface area contributed by atoms with Crippen LogP contribution in [0.25, 0.3) is 0 Å². The first-order valence-electron chi connectivity index (χ1n) is 6.36. The number of aromatic nitrogens is 4. The third-order valence-corrected chi connectivity index (χ3v) is 3.30. The van der Waals surface area contributed by atoms with E-state index in [1.165, 1.54) is 0 Å². The molecule has 1 N–H and O–H groups in total. The number of nitrogens with one attached hydrogen (secondary N) is 1. The van der Waals surface area contributed by atoms with Gasteiger partial charge >= 0.3 is 0 Å². The van der Waals surface area contributed by atoms with Crippen LogP contribution in [0, 0.1) is 0 Å². The van der Waals surface area contributed by atoms with Gasteiger partial charge in [0.25, 0.3) is 0 Å². The molecule has 0 spiro atoms. The average Bonchev–Trinajstić information content (AvgIpc) is 2.83. The first kappa shape index (κ1) is 14.7. The van der Waals surface area contributed by atoms with Gasteiger partial charge in [-0.15, -0.1) is 10.2 Å². The standard InChI is InChI=1S/C13H18ClN5O/c1-8(2)19-13(9(14)7-16-19)12(15-3)10-5-6-11(20-4)18-17-10/h5-8,12,15H,1-4H3. The minimum absolute atomic E-state index is 0.175. The van der Waals surface area contributed by atoms with Gasteiger partial charge in [-0.3, -0.25) is 4.68 Å². The van der Waals surface area contributed by atoms with Crippen molar-refractivity contribution < 1.29 is 4.74 Å². The smallest absolute Gasteiger partial charge is 0.233 e. The van der Waals surface area contributed by atoms with Gasteiger partial charge in [0.2, 0.25) is 5.88 Å². The molecule has 0 fully saturated rings. The molecular weight excluding hydrogens is 278 g/mol. The molecule has 2 aromatic heterocycles. The molecule has 2 aromatic rings. The van der Waals surface area contributed by atoms with Crippen LogP contribution >= 0.6 is 11.6 Å². The zero-order valence-electron chi connectivity index (χ0n) is 12.0. The number of hydrogen-bond donors (Lipinski definition) is 1. The van der Waals surface area contributed by atoms with Crippen molar-refractivity contribution in [2.24, 2.45) is 0 Å². The SMILES string of the molecule is CNC(c1ccc(OC)nn1)c1c(Cl)cnn1C(C)C. The first-order chi connectivity index (χ1) is 9.58. The van der Waals surface area contributed by atoms with Gasteiger partial charge in [0.1, 0.15) is 0 Å². The van der Waals surface area contributed by atoms with Crippen LogP contribution in [0.15, 0.2) is 18.3 Å². The van der Waals surface area contributed by atoms with Crippen molar-refractivity contribution >= 4 is 11.6 Å². The van der Waals surface area contributed by atoms with Gasteiger partial charge in [-0.2, -0.15) is 5.10 Å². The summed E-state index contributed by atoms with van der Waals surface area (Å²) in [6.45, 7) is 4.11. The van der Waals surface area contributed by atoms with E-state index >= 15 is 0 Å². The number of methoxy groups -OCH3 is 1. The van der Waals surface area contributed by atoms with Gasteiger partial charge in [-0.25, -0.2) is 0 Å². The molecule has 0 saturated carbocycles. The van der Waals surface area contributed by atoms with E-state index in [1.54, 1.807) is 19.4 Å². The molecule has 0 aliphatic rings. The largest absolute Gasteiger partial charge is 0.480 e. The topological polar surface area (TPSA) is 64.9 Å². The molecule has 1 unspecified atom stereocenters. The van der Waals surface area contributed by atoms with E-state index in [4.69, 9.17) is 16.3 Å².